The third-order valence-electron chi connectivity index (χ3n) is 6.59. The Kier molecular flexibility index (Phi) is 7.47. The Morgan fingerprint density at radius 3 is 2.33 bits per heavy atom. The summed E-state index contributed by atoms with van der Waals surface area (Å²) in [6.07, 6.45) is 2.01. The Morgan fingerprint density at radius 1 is 1.06 bits per heavy atom. The maximum absolute atomic E-state index is 13.5. The summed E-state index contributed by atoms with van der Waals surface area (Å²) < 4.78 is 3.09. The minimum absolute atomic E-state index is 0.112. The molecule has 0 radical (unpaired) electrons. The molecule has 9 nitrogen and oxygen atoms in total. The molecule has 4 rings (SSSR count). The van der Waals surface area contributed by atoms with Crippen molar-refractivity contribution in [1.29, 1.82) is 0 Å². The van der Waals surface area contributed by atoms with E-state index < -0.39 is 5.97 Å². The molecule has 0 fully saturated rings. The molecule has 2 aromatic heterocycles. The third kappa shape index (κ3) is 5.00. The topological polar surface area (TPSA) is 119 Å². The third-order valence-corrected chi connectivity index (χ3v) is 6.59. The van der Waals surface area contributed by atoms with Crippen molar-refractivity contribution in [1.82, 2.24) is 29.8 Å². The quantitative estimate of drug-likeness (QED) is 0.331. The van der Waals surface area contributed by atoms with E-state index in [1.807, 2.05) is 62.4 Å². The number of aromatic carboxylic acids is 1. The normalized spacial score (nSPS) is 12.2. The van der Waals surface area contributed by atoms with Gasteiger partial charge in [0, 0.05) is 11.6 Å². The Hall–Kier alpha value is -4.01. The fourth-order valence-electron chi connectivity index (χ4n) is 4.45. The number of nitrogens with zero attached hydrogens (tertiary/aromatic N) is 5. The van der Waals surface area contributed by atoms with Crippen molar-refractivity contribution in [3.63, 3.8) is 0 Å². The number of tetrazole rings is 1. The summed E-state index contributed by atoms with van der Waals surface area (Å²) in [5, 5.41) is 24.4. The van der Waals surface area contributed by atoms with Crippen LogP contribution in [-0.2, 0) is 13.0 Å². The predicted octanol–water partition coefficient (Wildman–Crippen LogP) is 4.80. The van der Waals surface area contributed by atoms with E-state index in [1.165, 1.54) is 4.57 Å². The minimum Gasteiger partial charge on any atom is -0.477 e. The molecule has 1 unspecified atom stereocenters. The molecule has 2 N–H and O–H groups in total. The molecule has 0 spiro atoms. The summed E-state index contributed by atoms with van der Waals surface area (Å²) >= 11 is 0. The van der Waals surface area contributed by atoms with Gasteiger partial charge in [0.05, 0.1) is 12.2 Å². The van der Waals surface area contributed by atoms with E-state index >= 15 is 0 Å². The summed E-state index contributed by atoms with van der Waals surface area (Å²) in [4.78, 5) is 25.7. The number of carbonyl (C=O) groups is 1. The SMILES string of the molecule is CCC(C)n1c(C(=O)O)c(CCC(C)C)n(Cc2ccc(-c3ccccc3-c3nn[nH]n3)cc2)c1=O. The van der Waals surface area contributed by atoms with E-state index in [1.54, 1.807) is 4.57 Å². The van der Waals surface area contributed by atoms with Crippen molar-refractivity contribution in [3.05, 3.63) is 76.0 Å². The lowest BCUT2D eigenvalue weighted by Crippen LogP contribution is -2.28. The van der Waals surface area contributed by atoms with E-state index in [9.17, 15) is 14.7 Å². The van der Waals surface area contributed by atoms with Gasteiger partial charge in [-0.3, -0.25) is 9.13 Å². The average molecular weight is 489 g/mol. The number of benzene rings is 2. The van der Waals surface area contributed by atoms with Crippen LogP contribution in [0.1, 0.15) is 68.3 Å². The number of hydrogen-bond donors (Lipinski definition) is 2. The minimum atomic E-state index is -1.06. The van der Waals surface area contributed by atoms with Crippen LogP contribution in [0.2, 0.25) is 0 Å². The lowest BCUT2D eigenvalue weighted by atomic mass is 9.98. The molecule has 1 atom stereocenters. The Labute approximate surface area is 209 Å². The smallest absolute Gasteiger partial charge is 0.354 e. The molecule has 2 aromatic carbocycles. The highest BCUT2D eigenvalue weighted by Crippen LogP contribution is 2.30. The van der Waals surface area contributed by atoms with E-state index in [-0.39, 0.29) is 17.4 Å². The highest BCUT2D eigenvalue weighted by Gasteiger charge is 2.27. The molecule has 0 bridgehead atoms. The van der Waals surface area contributed by atoms with Crippen molar-refractivity contribution in [3.8, 4) is 22.5 Å². The van der Waals surface area contributed by atoms with Gasteiger partial charge in [-0.15, -0.1) is 10.2 Å². The van der Waals surface area contributed by atoms with Gasteiger partial charge in [0.15, 0.2) is 5.69 Å². The van der Waals surface area contributed by atoms with Crippen LogP contribution < -0.4 is 5.69 Å². The maximum Gasteiger partial charge on any atom is 0.354 e. The Morgan fingerprint density at radius 2 is 1.75 bits per heavy atom. The number of imidazole rings is 1. The molecule has 4 aromatic rings. The molecule has 9 heteroatoms. The number of aromatic nitrogens is 6. The Balaban J connectivity index is 1.72. The van der Waals surface area contributed by atoms with Crippen molar-refractivity contribution >= 4 is 5.97 Å². The Bertz CT molecular complexity index is 1380. The number of aromatic amines is 1. The van der Waals surface area contributed by atoms with Crippen molar-refractivity contribution in [2.24, 2.45) is 5.92 Å². The first-order chi connectivity index (χ1) is 17.3. The van der Waals surface area contributed by atoms with Crippen LogP contribution in [0.5, 0.6) is 0 Å². The zero-order valence-corrected chi connectivity index (χ0v) is 21.1. The zero-order valence-electron chi connectivity index (χ0n) is 21.1. The summed E-state index contributed by atoms with van der Waals surface area (Å²) in [6.45, 7) is 8.35. The van der Waals surface area contributed by atoms with E-state index in [0.29, 0.717) is 36.8 Å². The summed E-state index contributed by atoms with van der Waals surface area (Å²) in [6, 6.07) is 15.6. The van der Waals surface area contributed by atoms with Gasteiger partial charge in [0.2, 0.25) is 5.82 Å². The monoisotopic (exact) mass is 488 g/mol. The van der Waals surface area contributed by atoms with E-state index in [0.717, 1.165) is 28.7 Å². The van der Waals surface area contributed by atoms with Crippen LogP contribution in [0, 0.1) is 5.92 Å². The number of carboxylic acid groups (broad SMARTS) is 1. The first kappa shape index (κ1) is 25.1. The molecular weight excluding hydrogens is 456 g/mol. The molecule has 0 aliphatic carbocycles. The fraction of sp³-hybridized carbons (Fsp3) is 0.370. The number of nitrogens with one attached hydrogen (secondary N) is 1. The second-order valence-electron chi connectivity index (χ2n) is 9.51. The van der Waals surface area contributed by atoms with Gasteiger partial charge in [-0.1, -0.05) is 69.3 Å². The number of carboxylic acids is 1. The first-order valence-corrected chi connectivity index (χ1v) is 12.3. The predicted molar refractivity (Wildman–Crippen MR) is 138 cm³/mol. The molecule has 188 valence electrons. The second kappa shape index (κ2) is 10.7. The van der Waals surface area contributed by atoms with Crippen LogP contribution in [0.15, 0.2) is 53.3 Å². The van der Waals surface area contributed by atoms with Gasteiger partial charge >= 0.3 is 11.7 Å². The fourth-order valence-corrected chi connectivity index (χ4v) is 4.45. The standard InChI is InChI=1S/C27H32N6O3/c1-5-18(4)33-24(26(34)35)23(15-10-17(2)3)32(27(33)36)16-19-11-13-20(14-12-19)21-8-6-7-9-22(21)25-28-30-31-29-25/h6-9,11-14,17-18H,5,10,15-16H2,1-4H3,(H,34,35)(H,28,29,30,31). The molecule has 36 heavy (non-hydrogen) atoms. The number of hydrogen-bond acceptors (Lipinski definition) is 5. The highest BCUT2D eigenvalue weighted by atomic mass is 16.4. The van der Waals surface area contributed by atoms with Gasteiger partial charge in [-0.2, -0.15) is 5.21 Å². The molecule has 0 saturated carbocycles. The van der Waals surface area contributed by atoms with Crippen LogP contribution in [0.4, 0.5) is 0 Å². The van der Waals surface area contributed by atoms with Crippen molar-refractivity contribution < 1.29 is 9.90 Å². The van der Waals surface area contributed by atoms with Crippen molar-refractivity contribution in [2.45, 2.75) is 59.5 Å². The molecule has 0 saturated heterocycles. The molecule has 0 amide bonds. The largest absolute Gasteiger partial charge is 0.477 e. The van der Waals surface area contributed by atoms with Crippen molar-refractivity contribution in [2.75, 3.05) is 0 Å². The molecular formula is C27H32N6O3. The van der Waals surface area contributed by atoms with Crippen LogP contribution in [-0.4, -0.2) is 40.8 Å². The summed E-state index contributed by atoms with van der Waals surface area (Å²) in [5.74, 6) is -0.150. The first-order valence-electron chi connectivity index (χ1n) is 12.3. The summed E-state index contributed by atoms with van der Waals surface area (Å²) in [7, 11) is 0. The van der Waals surface area contributed by atoms with E-state index in [4.69, 9.17) is 0 Å². The number of rotatable bonds is 10. The molecule has 2 heterocycles. The molecule has 0 aliphatic heterocycles. The van der Waals surface area contributed by atoms with E-state index in [2.05, 4.69) is 34.5 Å². The van der Waals surface area contributed by atoms with Crippen LogP contribution in [0.3, 0.4) is 0 Å². The highest BCUT2D eigenvalue weighted by molar-refractivity contribution is 5.87. The van der Waals surface area contributed by atoms with Crippen LogP contribution >= 0.6 is 0 Å². The van der Waals surface area contributed by atoms with Gasteiger partial charge in [0.1, 0.15) is 0 Å². The summed E-state index contributed by atoms with van der Waals surface area (Å²) in [5.41, 5.74) is 4.16. The van der Waals surface area contributed by atoms with Gasteiger partial charge in [-0.25, -0.2) is 9.59 Å². The zero-order chi connectivity index (χ0) is 25.8. The van der Waals surface area contributed by atoms with Gasteiger partial charge in [0.25, 0.3) is 0 Å². The average Bonchev–Trinajstić information content (AvgIpc) is 3.50. The molecule has 0 aliphatic rings. The van der Waals surface area contributed by atoms with Gasteiger partial charge < -0.3 is 5.11 Å². The maximum atomic E-state index is 13.5. The number of H-pyrrole nitrogens is 1. The van der Waals surface area contributed by atoms with Crippen LogP contribution in [0.25, 0.3) is 22.5 Å². The second-order valence-corrected chi connectivity index (χ2v) is 9.51. The van der Waals surface area contributed by atoms with Gasteiger partial charge in [-0.05, 0) is 54.0 Å². The lowest BCUT2D eigenvalue weighted by Gasteiger charge is -2.12. The lowest BCUT2D eigenvalue weighted by molar-refractivity contribution is 0.0680.